The van der Waals surface area contributed by atoms with E-state index in [0.717, 1.165) is 0 Å². The predicted molar refractivity (Wildman–Crippen MR) is 68.0 cm³/mol. The van der Waals surface area contributed by atoms with Crippen molar-refractivity contribution in [3.63, 3.8) is 0 Å². The Kier molecular flexibility index (Phi) is 4.11. The first-order valence-corrected chi connectivity index (χ1v) is 4.77. The number of benzene rings is 1. The molecule has 2 rings (SSSR count). The van der Waals surface area contributed by atoms with Crippen LogP contribution in [0.25, 0.3) is 0 Å². The summed E-state index contributed by atoms with van der Waals surface area (Å²) < 4.78 is 5.16. The van der Waals surface area contributed by atoms with Gasteiger partial charge in [0.25, 0.3) is 11.8 Å². The van der Waals surface area contributed by atoms with E-state index in [-0.39, 0.29) is 36.4 Å². The van der Waals surface area contributed by atoms with Crippen molar-refractivity contribution >= 4 is 35.9 Å². The lowest BCUT2D eigenvalue weighted by molar-refractivity contribution is -0.118. The van der Waals surface area contributed by atoms with E-state index in [9.17, 15) is 9.59 Å². The van der Waals surface area contributed by atoms with Crippen LogP contribution in [0.4, 0.5) is 5.69 Å². The number of aliphatic imine (C=N–C) groups is 1. The van der Waals surface area contributed by atoms with E-state index in [0.29, 0.717) is 11.4 Å². The second-order valence-electron chi connectivity index (χ2n) is 3.36. The molecule has 1 aliphatic rings. The third-order valence-electron chi connectivity index (χ3n) is 2.11. The van der Waals surface area contributed by atoms with E-state index in [1.807, 2.05) is 0 Å². The van der Waals surface area contributed by atoms with E-state index < -0.39 is 5.91 Å². The van der Waals surface area contributed by atoms with Crippen LogP contribution in [0.5, 0.6) is 5.75 Å². The van der Waals surface area contributed by atoms with Crippen molar-refractivity contribution in [1.82, 2.24) is 0 Å². The summed E-state index contributed by atoms with van der Waals surface area (Å²) in [5.41, 5.74) is 10.7. The zero-order valence-corrected chi connectivity index (χ0v) is 9.99. The minimum atomic E-state index is -0.632. The molecule has 0 bridgehead atoms. The van der Waals surface area contributed by atoms with Crippen LogP contribution in [0.2, 0.25) is 0 Å². The molecule has 5 N–H and O–H groups in total. The van der Waals surface area contributed by atoms with Gasteiger partial charge in [-0.2, -0.15) is 4.99 Å². The zero-order valence-electron chi connectivity index (χ0n) is 9.17. The molecule has 1 aliphatic heterocycles. The normalized spacial score (nSPS) is 12.3. The standard InChI is InChI=1S/C10H10N4O3.ClH/c11-10(12)14-9(16)5-2-1-3-6-8(5)13-7(15)4-17-6;/h1-3H,4H2,(H,13,15)(H4,11,12,14,16);1H. The summed E-state index contributed by atoms with van der Waals surface area (Å²) in [5.74, 6) is -0.882. The van der Waals surface area contributed by atoms with Gasteiger partial charge >= 0.3 is 0 Å². The molecular formula is C10H11ClN4O3. The number of carbonyl (C=O) groups excluding carboxylic acids is 2. The molecule has 1 heterocycles. The fourth-order valence-electron chi connectivity index (χ4n) is 1.45. The Labute approximate surface area is 109 Å². The molecule has 1 aromatic carbocycles. The van der Waals surface area contributed by atoms with Crippen LogP contribution in [-0.2, 0) is 4.79 Å². The van der Waals surface area contributed by atoms with E-state index in [4.69, 9.17) is 16.2 Å². The van der Waals surface area contributed by atoms with Crippen molar-refractivity contribution in [2.45, 2.75) is 0 Å². The highest BCUT2D eigenvalue weighted by molar-refractivity contribution is 6.09. The van der Waals surface area contributed by atoms with Crippen molar-refractivity contribution in [2.75, 3.05) is 11.9 Å². The molecule has 0 fully saturated rings. The monoisotopic (exact) mass is 270 g/mol. The van der Waals surface area contributed by atoms with Gasteiger partial charge in [0.2, 0.25) is 0 Å². The zero-order chi connectivity index (χ0) is 12.4. The van der Waals surface area contributed by atoms with Crippen molar-refractivity contribution < 1.29 is 14.3 Å². The van der Waals surface area contributed by atoms with Crippen molar-refractivity contribution in [3.05, 3.63) is 23.8 Å². The van der Waals surface area contributed by atoms with E-state index >= 15 is 0 Å². The van der Waals surface area contributed by atoms with E-state index in [1.165, 1.54) is 6.07 Å². The highest BCUT2D eigenvalue weighted by Gasteiger charge is 2.22. The highest BCUT2D eigenvalue weighted by Crippen LogP contribution is 2.31. The molecule has 0 atom stereocenters. The van der Waals surface area contributed by atoms with Gasteiger partial charge in [-0.3, -0.25) is 9.59 Å². The number of hydrogen-bond acceptors (Lipinski definition) is 3. The van der Waals surface area contributed by atoms with Gasteiger partial charge in [0.05, 0.1) is 11.3 Å². The van der Waals surface area contributed by atoms with Gasteiger partial charge in [-0.15, -0.1) is 12.4 Å². The number of nitrogens with one attached hydrogen (secondary N) is 1. The maximum Gasteiger partial charge on any atom is 0.282 e. The Bertz CT molecular complexity index is 526. The lowest BCUT2D eigenvalue weighted by atomic mass is 10.1. The lowest BCUT2D eigenvalue weighted by Gasteiger charge is -2.19. The molecule has 0 saturated carbocycles. The number of anilines is 1. The molecule has 18 heavy (non-hydrogen) atoms. The quantitative estimate of drug-likeness (QED) is 0.484. The highest BCUT2D eigenvalue weighted by atomic mass is 35.5. The Balaban J connectivity index is 0.00000162. The molecule has 0 unspecified atom stereocenters. The number of nitrogens with two attached hydrogens (primary N) is 2. The minimum absolute atomic E-state index is 0. The van der Waals surface area contributed by atoms with Gasteiger partial charge in [0, 0.05) is 0 Å². The summed E-state index contributed by atoms with van der Waals surface area (Å²) in [5, 5.41) is 2.55. The fraction of sp³-hybridized carbons (Fsp3) is 0.100. The molecule has 2 amide bonds. The SMILES string of the molecule is Cl.NC(N)=NC(=O)c1cccc2c1NC(=O)CO2. The van der Waals surface area contributed by atoms with Gasteiger partial charge in [0.15, 0.2) is 12.6 Å². The molecule has 8 heteroatoms. The molecule has 0 spiro atoms. The van der Waals surface area contributed by atoms with Crippen molar-refractivity contribution in [3.8, 4) is 5.75 Å². The van der Waals surface area contributed by atoms with Gasteiger partial charge in [-0.1, -0.05) is 6.07 Å². The topological polar surface area (TPSA) is 120 Å². The first-order valence-electron chi connectivity index (χ1n) is 4.77. The van der Waals surface area contributed by atoms with Crippen molar-refractivity contribution in [2.24, 2.45) is 16.5 Å². The van der Waals surface area contributed by atoms with E-state index in [2.05, 4.69) is 10.3 Å². The molecule has 0 saturated heterocycles. The van der Waals surface area contributed by atoms with Crippen LogP contribution in [-0.4, -0.2) is 24.4 Å². The van der Waals surface area contributed by atoms with Gasteiger partial charge < -0.3 is 21.5 Å². The molecule has 7 nitrogen and oxygen atoms in total. The van der Waals surface area contributed by atoms with Gasteiger partial charge in [0.1, 0.15) is 5.75 Å². The summed E-state index contributed by atoms with van der Waals surface area (Å²) in [4.78, 5) is 26.3. The van der Waals surface area contributed by atoms with Gasteiger partial charge in [-0.25, -0.2) is 0 Å². The number of amides is 2. The maximum absolute atomic E-state index is 11.7. The first kappa shape index (κ1) is 13.8. The summed E-state index contributed by atoms with van der Waals surface area (Å²) in [6.45, 7) is -0.0764. The number of carbonyl (C=O) groups is 2. The minimum Gasteiger partial charge on any atom is -0.482 e. The Morgan fingerprint density at radius 2 is 2.11 bits per heavy atom. The Hall–Kier alpha value is -2.28. The maximum atomic E-state index is 11.7. The van der Waals surface area contributed by atoms with Crippen LogP contribution in [0.15, 0.2) is 23.2 Å². The number of fused-ring (bicyclic) bond motifs is 1. The molecule has 1 aromatic rings. The average Bonchev–Trinajstić information content (AvgIpc) is 2.27. The molecular weight excluding hydrogens is 260 g/mol. The number of guanidine groups is 1. The number of ether oxygens (including phenoxy) is 1. The van der Waals surface area contributed by atoms with Crippen LogP contribution >= 0.6 is 12.4 Å². The first-order chi connectivity index (χ1) is 8.08. The number of nitrogens with zero attached hydrogens (tertiary/aromatic N) is 1. The third-order valence-corrected chi connectivity index (χ3v) is 2.11. The third kappa shape index (κ3) is 2.69. The lowest BCUT2D eigenvalue weighted by Crippen LogP contribution is -2.28. The van der Waals surface area contributed by atoms with E-state index in [1.54, 1.807) is 12.1 Å². The van der Waals surface area contributed by atoms with Crippen LogP contribution in [0.1, 0.15) is 10.4 Å². The largest absolute Gasteiger partial charge is 0.482 e. The molecule has 96 valence electrons. The molecule has 0 aliphatic carbocycles. The number of halogens is 1. The predicted octanol–water partition coefficient (Wildman–Crippen LogP) is -0.147. The Morgan fingerprint density at radius 3 is 2.78 bits per heavy atom. The number of rotatable bonds is 1. The molecule has 0 aromatic heterocycles. The summed E-state index contributed by atoms with van der Waals surface area (Å²) in [7, 11) is 0. The van der Waals surface area contributed by atoms with Crippen molar-refractivity contribution in [1.29, 1.82) is 0 Å². The van der Waals surface area contributed by atoms with Gasteiger partial charge in [-0.05, 0) is 12.1 Å². The summed E-state index contributed by atoms with van der Waals surface area (Å²) >= 11 is 0. The van der Waals surface area contributed by atoms with Crippen LogP contribution in [0, 0.1) is 0 Å². The summed E-state index contributed by atoms with van der Waals surface area (Å²) in [6, 6.07) is 4.76. The summed E-state index contributed by atoms with van der Waals surface area (Å²) in [6.07, 6.45) is 0. The average molecular weight is 271 g/mol. The smallest absolute Gasteiger partial charge is 0.282 e. The number of hydrogen-bond donors (Lipinski definition) is 3. The van der Waals surface area contributed by atoms with Crippen LogP contribution < -0.4 is 21.5 Å². The Morgan fingerprint density at radius 1 is 1.39 bits per heavy atom. The molecule has 0 radical (unpaired) electrons. The second kappa shape index (κ2) is 5.37. The van der Waals surface area contributed by atoms with Crippen LogP contribution in [0.3, 0.4) is 0 Å². The fourth-order valence-corrected chi connectivity index (χ4v) is 1.45. The number of para-hydroxylation sites is 1. The second-order valence-corrected chi connectivity index (χ2v) is 3.36.